The molecule has 0 radical (unpaired) electrons. The van der Waals surface area contributed by atoms with Crippen molar-refractivity contribution in [2.45, 2.75) is 12.3 Å². The number of carbonyl (C=O) groups is 1. The highest BCUT2D eigenvalue weighted by molar-refractivity contribution is 6.42. The Bertz CT molecular complexity index is 481. The highest BCUT2D eigenvalue weighted by Crippen LogP contribution is 2.37. The first-order chi connectivity index (χ1) is 8.54. The maximum atomic E-state index is 13.8. The predicted molar refractivity (Wildman–Crippen MR) is 66.3 cm³/mol. The summed E-state index contributed by atoms with van der Waals surface area (Å²) in [5, 5.41) is 0.458. The van der Waals surface area contributed by atoms with Crippen LogP contribution in [0.1, 0.15) is 17.9 Å². The molecule has 1 aromatic rings. The Balaban J connectivity index is 2.24. The van der Waals surface area contributed by atoms with Crippen LogP contribution in [0.2, 0.25) is 10.0 Å². The maximum absolute atomic E-state index is 13.8. The molecule has 1 aromatic carbocycles. The highest BCUT2D eigenvalue weighted by Gasteiger charge is 2.30. The minimum Gasteiger partial charge on any atom is -0.340 e. The summed E-state index contributed by atoms with van der Waals surface area (Å²) in [6.45, 7) is -0.339. The number of hydrogen-bond acceptors (Lipinski definition) is 1. The van der Waals surface area contributed by atoms with Gasteiger partial charge in [-0.1, -0.05) is 23.2 Å². The van der Waals surface area contributed by atoms with Crippen LogP contribution in [0.5, 0.6) is 0 Å². The molecule has 2 nitrogen and oxygen atoms in total. The van der Waals surface area contributed by atoms with Crippen molar-refractivity contribution in [3.8, 4) is 0 Å². The van der Waals surface area contributed by atoms with Gasteiger partial charge in [-0.05, 0) is 18.6 Å². The average molecular weight is 294 g/mol. The molecule has 0 aliphatic carbocycles. The molecule has 0 saturated carbocycles. The summed E-state index contributed by atoms with van der Waals surface area (Å²) in [5.74, 6) is -1.24. The van der Waals surface area contributed by atoms with Crippen LogP contribution in [-0.4, -0.2) is 30.6 Å². The molecular formula is C12H11Cl2F2NO. The van der Waals surface area contributed by atoms with E-state index in [1.54, 1.807) is 0 Å². The van der Waals surface area contributed by atoms with E-state index in [-0.39, 0.29) is 22.5 Å². The Morgan fingerprint density at radius 1 is 1.44 bits per heavy atom. The summed E-state index contributed by atoms with van der Waals surface area (Å²) in [6.07, 6.45) is 0.558. The van der Waals surface area contributed by atoms with Crippen molar-refractivity contribution in [1.82, 2.24) is 4.90 Å². The van der Waals surface area contributed by atoms with Gasteiger partial charge in [0.1, 0.15) is 5.82 Å². The summed E-state index contributed by atoms with van der Waals surface area (Å²) in [7, 11) is 0. The van der Waals surface area contributed by atoms with Gasteiger partial charge in [-0.2, -0.15) is 0 Å². The number of halogens is 4. The Labute approximate surface area is 113 Å². The number of benzene rings is 1. The number of nitrogens with zero attached hydrogens (tertiary/aromatic N) is 1. The topological polar surface area (TPSA) is 20.3 Å². The van der Waals surface area contributed by atoms with Gasteiger partial charge in [-0.15, -0.1) is 0 Å². The Kier molecular flexibility index (Phi) is 4.07. The van der Waals surface area contributed by atoms with Crippen molar-refractivity contribution < 1.29 is 13.6 Å². The van der Waals surface area contributed by atoms with Gasteiger partial charge in [0.15, 0.2) is 6.67 Å². The van der Waals surface area contributed by atoms with Gasteiger partial charge < -0.3 is 4.90 Å². The first-order valence-corrected chi connectivity index (χ1v) is 6.27. The lowest BCUT2D eigenvalue weighted by atomic mass is 9.98. The molecule has 1 saturated heterocycles. The van der Waals surface area contributed by atoms with Gasteiger partial charge in [0, 0.05) is 24.6 Å². The van der Waals surface area contributed by atoms with Gasteiger partial charge in [-0.3, -0.25) is 4.79 Å². The van der Waals surface area contributed by atoms with Crippen molar-refractivity contribution >= 4 is 29.1 Å². The molecule has 2 rings (SSSR count). The van der Waals surface area contributed by atoms with Crippen LogP contribution in [0.15, 0.2) is 12.1 Å². The maximum Gasteiger partial charge on any atom is 0.253 e. The van der Waals surface area contributed by atoms with Crippen molar-refractivity contribution in [3.05, 3.63) is 33.6 Å². The van der Waals surface area contributed by atoms with E-state index in [1.807, 2.05) is 0 Å². The Morgan fingerprint density at radius 3 is 2.83 bits per heavy atom. The molecule has 0 N–H and O–H groups in total. The minimum absolute atomic E-state index is 0.177. The zero-order valence-corrected chi connectivity index (χ0v) is 10.9. The summed E-state index contributed by atoms with van der Waals surface area (Å²) < 4.78 is 26.1. The number of alkyl halides is 1. The lowest BCUT2D eigenvalue weighted by molar-refractivity contribution is -0.131. The zero-order valence-electron chi connectivity index (χ0n) is 9.43. The monoisotopic (exact) mass is 293 g/mol. The minimum atomic E-state index is -1.03. The van der Waals surface area contributed by atoms with Gasteiger partial charge >= 0.3 is 0 Å². The van der Waals surface area contributed by atoms with Crippen LogP contribution in [0.25, 0.3) is 0 Å². The van der Waals surface area contributed by atoms with Crippen LogP contribution in [0, 0.1) is 5.82 Å². The normalized spacial score (nSPS) is 19.3. The van der Waals surface area contributed by atoms with Crippen LogP contribution in [0.4, 0.5) is 8.78 Å². The smallest absolute Gasteiger partial charge is 0.253 e. The van der Waals surface area contributed by atoms with E-state index >= 15 is 0 Å². The third-order valence-electron chi connectivity index (χ3n) is 3.14. The quantitative estimate of drug-likeness (QED) is 0.765. The van der Waals surface area contributed by atoms with Crippen LogP contribution in [0.3, 0.4) is 0 Å². The third-order valence-corrected chi connectivity index (χ3v) is 3.96. The van der Waals surface area contributed by atoms with E-state index in [0.717, 1.165) is 0 Å². The van der Waals surface area contributed by atoms with Crippen molar-refractivity contribution in [2.75, 3.05) is 19.8 Å². The molecule has 0 aromatic heterocycles. The first-order valence-electron chi connectivity index (χ1n) is 5.51. The SMILES string of the molecule is O=C(CF)N1CCC(c2c(F)ccc(Cl)c2Cl)C1. The van der Waals surface area contributed by atoms with Gasteiger partial charge in [-0.25, -0.2) is 8.78 Å². The van der Waals surface area contributed by atoms with E-state index in [0.29, 0.717) is 18.5 Å². The molecule has 1 aliphatic rings. The second-order valence-corrected chi connectivity index (χ2v) is 5.00. The largest absolute Gasteiger partial charge is 0.340 e. The second kappa shape index (κ2) is 5.41. The number of likely N-dealkylation sites (tertiary alicyclic amines) is 1. The summed E-state index contributed by atoms with van der Waals surface area (Å²) >= 11 is 11.8. The molecule has 6 heteroatoms. The summed E-state index contributed by atoms with van der Waals surface area (Å²) in [4.78, 5) is 12.6. The summed E-state index contributed by atoms with van der Waals surface area (Å²) in [6, 6.07) is 2.64. The first kappa shape index (κ1) is 13.6. The number of hydrogen-bond donors (Lipinski definition) is 0. The van der Waals surface area contributed by atoms with E-state index in [9.17, 15) is 13.6 Å². The molecule has 1 fully saturated rings. The van der Waals surface area contributed by atoms with E-state index in [4.69, 9.17) is 23.2 Å². The molecule has 1 amide bonds. The van der Waals surface area contributed by atoms with Gasteiger partial charge in [0.25, 0.3) is 5.91 Å². The summed E-state index contributed by atoms with van der Waals surface area (Å²) in [5.41, 5.74) is 0.318. The van der Waals surface area contributed by atoms with Crippen LogP contribution >= 0.6 is 23.2 Å². The van der Waals surface area contributed by atoms with Crippen molar-refractivity contribution in [2.24, 2.45) is 0 Å². The third kappa shape index (κ3) is 2.45. The lowest BCUT2D eigenvalue weighted by Crippen LogP contribution is -2.29. The second-order valence-electron chi connectivity index (χ2n) is 4.22. The fourth-order valence-electron chi connectivity index (χ4n) is 2.22. The van der Waals surface area contributed by atoms with Gasteiger partial charge in [0.05, 0.1) is 10.0 Å². The molecule has 1 atom stereocenters. The molecule has 0 spiro atoms. The standard InChI is InChI=1S/C12H11Cl2F2NO/c13-8-1-2-9(16)11(12(8)14)7-3-4-17(6-7)10(18)5-15/h1-2,7H,3-6H2. The van der Waals surface area contributed by atoms with Crippen molar-refractivity contribution in [1.29, 1.82) is 0 Å². The average Bonchev–Trinajstić information content (AvgIpc) is 2.83. The molecular weight excluding hydrogens is 283 g/mol. The fraction of sp³-hybridized carbons (Fsp3) is 0.417. The fourth-order valence-corrected chi connectivity index (χ4v) is 2.70. The highest BCUT2D eigenvalue weighted by atomic mass is 35.5. The van der Waals surface area contributed by atoms with E-state index < -0.39 is 18.4 Å². The molecule has 0 bridgehead atoms. The number of rotatable bonds is 2. The Morgan fingerprint density at radius 2 is 2.17 bits per heavy atom. The lowest BCUT2D eigenvalue weighted by Gasteiger charge is -2.16. The molecule has 1 aliphatic heterocycles. The van der Waals surface area contributed by atoms with Crippen LogP contribution < -0.4 is 0 Å². The molecule has 18 heavy (non-hydrogen) atoms. The molecule has 1 heterocycles. The van der Waals surface area contributed by atoms with Crippen molar-refractivity contribution in [3.63, 3.8) is 0 Å². The molecule has 1 unspecified atom stereocenters. The van der Waals surface area contributed by atoms with E-state index in [2.05, 4.69) is 0 Å². The Hall–Kier alpha value is -0.870. The predicted octanol–water partition coefficient (Wildman–Crippen LogP) is 3.42. The number of amides is 1. The van der Waals surface area contributed by atoms with Gasteiger partial charge in [0.2, 0.25) is 0 Å². The van der Waals surface area contributed by atoms with E-state index in [1.165, 1.54) is 17.0 Å². The molecule has 98 valence electrons. The zero-order chi connectivity index (χ0) is 13.3. The number of carbonyl (C=O) groups excluding carboxylic acids is 1. The van der Waals surface area contributed by atoms with Crippen LogP contribution in [-0.2, 0) is 4.79 Å².